The van der Waals surface area contributed by atoms with Crippen molar-refractivity contribution in [2.45, 2.75) is 12.3 Å². The van der Waals surface area contributed by atoms with E-state index >= 15 is 0 Å². The molecule has 0 saturated carbocycles. The van der Waals surface area contributed by atoms with Gasteiger partial charge >= 0.3 is 35.6 Å². The Morgan fingerprint density at radius 2 is 0.617 bits per heavy atom. The van der Waals surface area contributed by atoms with Gasteiger partial charge in [-0.15, -0.1) is 13.2 Å². The molecule has 0 unspecified atom stereocenters. The largest absolute Gasteiger partial charge is 2.00 e. The second-order valence-electron chi connectivity index (χ2n) is 9.12. The minimum Gasteiger partial charge on any atom is -0.418 e. The van der Waals surface area contributed by atoms with Crippen LogP contribution in [0.1, 0.15) is 11.4 Å². The van der Waals surface area contributed by atoms with Crippen LogP contribution in [0.3, 0.4) is 0 Å². The predicted molar refractivity (Wildman–Crippen MR) is 181 cm³/mol. The molecule has 1 nitrogen and oxygen atoms in total. The second-order valence-corrected chi connectivity index (χ2v) is 13.5. The maximum atomic E-state index is 9.75. The van der Waals surface area contributed by atoms with Crippen LogP contribution in [0.25, 0.3) is 0 Å². The zero-order valence-electron chi connectivity index (χ0n) is 24.9. The van der Waals surface area contributed by atoms with E-state index in [-0.39, 0.29) is 21.1 Å². The molecule has 0 amide bonds. The first kappa shape index (κ1) is 41.9. The Kier molecular flexibility index (Phi) is 19.4. The van der Waals surface area contributed by atoms with Gasteiger partial charge in [-0.05, 0) is 49.2 Å². The van der Waals surface area contributed by atoms with Crippen LogP contribution in [0.4, 0.5) is 34.5 Å². The summed E-state index contributed by atoms with van der Waals surface area (Å²) < 4.78 is 78.0. The van der Waals surface area contributed by atoms with Gasteiger partial charge in [0.25, 0.3) is 0 Å². The minimum atomic E-state index is -6.00. The minimum absolute atomic E-state index is 0. The Labute approximate surface area is 287 Å². The first-order valence-corrected chi connectivity index (χ1v) is 16.9. The molecule has 0 radical (unpaired) electrons. The zero-order chi connectivity index (χ0) is 34.0. The molecule has 14 heteroatoms. The number of aromatic nitrogens is 1. The Morgan fingerprint density at radius 3 is 0.830 bits per heavy atom. The van der Waals surface area contributed by atoms with Crippen molar-refractivity contribution in [1.82, 2.24) is 4.98 Å². The van der Waals surface area contributed by atoms with Gasteiger partial charge in [0.2, 0.25) is 0 Å². The van der Waals surface area contributed by atoms with Crippen LogP contribution in [-0.2, 0) is 33.4 Å². The number of benzene rings is 4. The summed E-state index contributed by atoms with van der Waals surface area (Å²) in [5.74, 6) is 0. The SMILES string of the molecule is C=C.F[B-](F)(F)F.F[B-](F)(F)F.[Pt+2].c1ccc(P(Cc2cccc(CP(c3ccccc3)c3ccccc3)n2)c2ccccc2)cc1. The van der Waals surface area contributed by atoms with Crippen molar-refractivity contribution in [2.75, 3.05) is 0 Å². The molecule has 1 heterocycles. The van der Waals surface area contributed by atoms with Crippen LogP contribution in [0, 0.1) is 0 Å². The normalized spacial score (nSPS) is 10.7. The van der Waals surface area contributed by atoms with Crippen molar-refractivity contribution in [1.29, 1.82) is 0 Å². The van der Waals surface area contributed by atoms with E-state index in [0.717, 1.165) is 12.3 Å². The van der Waals surface area contributed by atoms with Gasteiger partial charge in [0, 0.05) is 23.7 Å². The fourth-order valence-corrected chi connectivity index (χ4v) is 8.58. The van der Waals surface area contributed by atoms with Crippen molar-refractivity contribution in [3.05, 3.63) is 164 Å². The fraction of sp³-hybridized carbons (Fsp3) is 0.0606. The van der Waals surface area contributed by atoms with Crippen LogP contribution in [-0.4, -0.2) is 19.5 Å². The first-order valence-electron chi connectivity index (χ1n) is 13.8. The molecule has 0 N–H and O–H groups in total. The van der Waals surface area contributed by atoms with Gasteiger partial charge in [-0.1, -0.05) is 127 Å². The molecule has 0 spiro atoms. The molecule has 0 aliphatic carbocycles. The number of rotatable bonds is 8. The van der Waals surface area contributed by atoms with E-state index in [0.29, 0.717) is 0 Å². The van der Waals surface area contributed by atoms with E-state index in [9.17, 15) is 34.5 Å². The quantitative estimate of drug-likeness (QED) is 0.0656. The Balaban J connectivity index is 0.000000737. The molecule has 1 aromatic heterocycles. The average Bonchev–Trinajstić information content (AvgIpc) is 3.04. The van der Waals surface area contributed by atoms with Crippen molar-refractivity contribution >= 4 is 51.6 Å². The van der Waals surface area contributed by atoms with E-state index in [2.05, 4.69) is 153 Å². The van der Waals surface area contributed by atoms with E-state index in [4.69, 9.17) is 4.98 Å². The van der Waals surface area contributed by atoms with Crippen molar-refractivity contribution < 1.29 is 55.6 Å². The molecule has 4 aromatic carbocycles. The monoisotopic (exact) mass is 872 g/mol. The van der Waals surface area contributed by atoms with E-state index in [1.165, 1.54) is 32.6 Å². The number of halogens is 8. The van der Waals surface area contributed by atoms with Crippen LogP contribution in [0.5, 0.6) is 0 Å². The summed E-state index contributed by atoms with van der Waals surface area (Å²) in [7, 11) is -13.0. The average molecular weight is 872 g/mol. The Morgan fingerprint density at radius 1 is 0.404 bits per heavy atom. The summed E-state index contributed by atoms with van der Waals surface area (Å²) in [5, 5.41) is 5.58. The Hall–Kier alpha value is -3.11. The topological polar surface area (TPSA) is 12.9 Å². The third kappa shape index (κ3) is 18.1. The van der Waals surface area contributed by atoms with E-state index < -0.39 is 30.4 Å². The molecular weight excluding hydrogens is 841 g/mol. The number of hydrogen-bond acceptors (Lipinski definition) is 1. The smallest absolute Gasteiger partial charge is 0.418 e. The summed E-state index contributed by atoms with van der Waals surface area (Å²) in [6.45, 7) is 6.00. The van der Waals surface area contributed by atoms with Crippen molar-refractivity contribution in [3.8, 4) is 0 Å². The molecule has 5 rings (SSSR count). The van der Waals surface area contributed by atoms with Gasteiger partial charge in [-0.25, -0.2) is 0 Å². The molecule has 5 aromatic rings. The third-order valence-electron chi connectivity index (χ3n) is 5.78. The standard InChI is InChI=1S/C31H27NP2.C2H4.2BF4.Pt/c1-5-16-28(17-6-1)33(29-18-7-2-8-19-29)24-26-14-13-15-27(32-26)25-34(30-20-9-3-10-21-30)31-22-11-4-12-23-31;1-2;2*2-1(3,4)5;/h1-23H,24-25H2;1-2H2;;;/q;;2*-1;+2. The summed E-state index contributed by atoms with van der Waals surface area (Å²) in [6, 6.07) is 50.1. The van der Waals surface area contributed by atoms with Crippen LogP contribution in [0.2, 0.25) is 0 Å². The van der Waals surface area contributed by atoms with Gasteiger partial charge in [-0.2, -0.15) is 0 Å². The summed E-state index contributed by atoms with van der Waals surface area (Å²) in [6.07, 6.45) is 1.90. The van der Waals surface area contributed by atoms with Crippen molar-refractivity contribution in [2.24, 2.45) is 0 Å². The molecule has 0 saturated heterocycles. The van der Waals surface area contributed by atoms with Crippen LogP contribution in [0.15, 0.2) is 153 Å². The van der Waals surface area contributed by atoms with Gasteiger partial charge < -0.3 is 34.5 Å². The van der Waals surface area contributed by atoms with Gasteiger partial charge in [0.1, 0.15) is 0 Å². The molecule has 47 heavy (non-hydrogen) atoms. The van der Waals surface area contributed by atoms with Crippen LogP contribution >= 0.6 is 15.8 Å². The second kappa shape index (κ2) is 21.7. The van der Waals surface area contributed by atoms with E-state index in [1.807, 2.05) is 0 Å². The maximum absolute atomic E-state index is 9.75. The number of nitrogens with zero attached hydrogens (tertiary/aromatic N) is 1. The molecule has 250 valence electrons. The molecule has 0 aliphatic rings. The van der Waals surface area contributed by atoms with Gasteiger partial charge in [-0.3, -0.25) is 4.98 Å². The first-order chi connectivity index (χ1) is 21.9. The zero-order valence-corrected chi connectivity index (χ0v) is 29.0. The van der Waals surface area contributed by atoms with Gasteiger partial charge in [0.15, 0.2) is 0 Å². The summed E-state index contributed by atoms with van der Waals surface area (Å²) >= 11 is 0. The fourth-order valence-electron chi connectivity index (χ4n) is 4.12. The van der Waals surface area contributed by atoms with Gasteiger partial charge in [0.05, 0.1) is 0 Å². The molecule has 0 bridgehead atoms. The maximum Gasteiger partial charge on any atom is 2.00 e. The predicted octanol–water partition coefficient (Wildman–Crippen LogP) is 9.75. The molecule has 0 atom stereocenters. The summed E-state index contributed by atoms with van der Waals surface area (Å²) in [4.78, 5) is 5.19. The molecular formula is C33H31B2F8NP2Pt. The Bertz CT molecular complexity index is 1330. The number of pyridine rings is 1. The molecule has 0 aliphatic heterocycles. The van der Waals surface area contributed by atoms with E-state index in [1.54, 1.807) is 0 Å². The number of hydrogen-bond donors (Lipinski definition) is 0. The third-order valence-corrected chi connectivity index (χ3v) is 10.7. The van der Waals surface area contributed by atoms with Crippen molar-refractivity contribution in [3.63, 3.8) is 0 Å². The van der Waals surface area contributed by atoms with Crippen LogP contribution < -0.4 is 21.2 Å². The summed E-state index contributed by atoms with van der Waals surface area (Å²) in [5.41, 5.74) is 2.35. The molecule has 0 fully saturated rings.